The summed E-state index contributed by atoms with van der Waals surface area (Å²) >= 11 is 0. The molecule has 1 amide bonds. The molecule has 1 rings (SSSR count). The smallest absolute Gasteiger partial charge is 0.239 e. The number of nitrogens with one attached hydrogen (secondary N) is 3. The maximum absolute atomic E-state index is 11.9. The molecule has 0 aliphatic rings. The lowest BCUT2D eigenvalue weighted by Crippen LogP contribution is -2.49. The van der Waals surface area contributed by atoms with Crippen LogP contribution in [0.3, 0.4) is 0 Å². The molecule has 6 nitrogen and oxygen atoms in total. The van der Waals surface area contributed by atoms with E-state index in [2.05, 4.69) is 40.9 Å². The minimum atomic E-state index is -0.246. The summed E-state index contributed by atoms with van der Waals surface area (Å²) in [5.74, 6) is 1.37. The molecule has 0 atom stereocenters. The van der Waals surface area contributed by atoms with Gasteiger partial charge in [-0.05, 0) is 38.5 Å². The van der Waals surface area contributed by atoms with Crippen LogP contribution >= 0.6 is 0 Å². The number of amides is 1. The molecule has 0 bridgehead atoms. The molecule has 0 saturated heterocycles. The van der Waals surface area contributed by atoms with Crippen LogP contribution in [0.2, 0.25) is 0 Å². The molecule has 0 spiro atoms. The number of benzene rings is 1. The molecule has 140 valence electrons. The van der Waals surface area contributed by atoms with Gasteiger partial charge in [-0.3, -0.25) is 9.79 Å². The van der Waals surface area contributed by atoms with E-state index in [0.29, 0.717) is 12.5 Å². The first-order valence-electron chi connectivity index (χ1n) is 8.47. The highest BCUT2D eigenvalue weighted by atomic mass is 16.5. The molecule has 3 N–H and O–H groups in total. The fourth-order valence-electron chi connectivity index (χ4n) is 2.30. The second-order valence-corrected chi connectivity index (χ2v) is 7.69. The number of guanidine groups is 1. The van der Waals surface area contributed by atoms with Gasteiger partial charge in [0.25, 0.3) is 0 Å². The maximum atomic E-state index is 11.9. The minimum absolute atomic E-state index is 0.0671. The molecule has 1 aromatic rings. The fourth-order valence-corrected chi connectivity index (χ4v) is 2.30. The molecular weight excluding hydrogens is 316 g/mol. The molecule has 0 heterocycles. The Bertz CT molecular complexity index is 604. The van der Waals surface area contributed by atoms with Crippen LogP contribution in [0.15, 0.2) is 29.3 Å². The van der Waals surface area contributed by atoms with Gasteiger partial charge in [-0.25, -0.2) is 0 Å². The second-order valence-electron chi connectivity index (χ2n) is 7.69. The Morgan fingerprint density at radius 2 is 1.84 bits per heavy atom. The molecule has 25 heavy (non-hydrogen) atoms. The first kappa shape index (κ1) is 20.8. The normalized spacial score (nSPS) is 12.5. The summed E-state index contributed by atoms with van der Waals surface area (Å²) in [5.41, 5.74) is 0.796. The van der Waals surface area contributed by atoms with E-state index in [9.17, 15) is 4.79 Å². The lowest BCUT2D eigenvalue weighted by atomic mass is 9.84. The predicted octanol–water partition coefficient (Wildman–Crippen LogP) is 2.05. The molecule has 1 aromatic carbocycles. The van der Waals surface area contributed by atoms with Gasteiger partial charge in [0.15, 0.2) is 5.96 Å². The average Bonchev–Trinajstić information content (AvgIpc) is 2.53. The highest BCUT2D eigenvalue weighted by molar-refractivity contribution is 5.86. The van der Waals surface area contributed by atoms with Crippen LogP contribution in [-0.4, -0.2) is 44.7 Å². The van der Waals surface area contributed by atoms with Crippen molar-refractivity contribution in [1.29, 1.82) is 0 Å². The Morgan fingerprint density at radius 3 is 2.40 bits per heavy atom. The number of methoxy groups -OCH3 is 1. The summed E-state index contributed by atoms with van der Waals surface area (Å²) in [4.78, 5) is 16.1. The third-order valence-corrected chi connectivity index (χ3v) is 3.70. The lowest BCUT2D eigenvalue weighted by Gasteiger charge is -2.27. The second kappa shape index (κ2) is 8.74. The van der Waals surface area contributed by atoms with E-state index in [-0.39, 0.29) is 23.4 Å². The molecule has 0 aromatic heterocycles. The topological polar surface area (TPSA) is 74.8 Å². The SMILES string of the molecule is CN=C(NCC(=O)NC(C)(C)C)NCC(C)(C)c1cccc(OC)c1. The molecule has 0 aliphatic heterocycles. The number of rotatable bonds is 6. The van der Waals surface area contributed by atoms with Crippen LogP contribution < -0.4 is 20.7 Å². The number of ether oxygens (including phenoxy) is 1. The van der Waals surface area contributed by atoms with Crippen molar-refractivity contribution in [2.45, 2.75) is 45.6 Å². The Balaban J connectivity index is 2.59. The van der Waals surface area contributed by atoms with Crippen LogP contribution in [0.4, 0.5) is 0 Å². The number of hydrogen-bond donors (Lipinski definition) is 3. The third-order valence-electron chi connectivity index (χ3n) is 3.70. The van der Waals surface area contributed by atoms with Crippen molar-refractivity contribution in [3.05, 3.63) is 29.8 Å². The first-order chi connectivity index (χ1) is 11.6. The van der Waals surface area contributed by atoms with Gasteiger partial charge in [0.1, 0.15) is 5.75 Å². The summed E-state index contributed by atoms with van der Waals surface area (Å²) in [6.45, 7) is 11.0. The van der Waals surface area contributed by atoms with Crippen molar-refractivity contribution >= 4 is 11.9 Å². The van der Waals surface area contributed by atoms with Gasteiger partial charge < -0.3 is 20.7 Å². The van der Waals surface area contributed by atoms with Crippen molar-refractivity contribution < 1.29 is 9.53 Å². The zero-order valence-electron chi connectivity index (χ0n) is 16.5. The zero-order valence-corrected chi connectivity index (χ0v) is 16.5. The van der Waals surface area contributed by atoms with Crippen LogP contribution in [-0.2, 0) is 10.2 Å². The molecule has 0 aliphatic carbocycles. The van der Waals surface area contributed by atoms with Crippen molar-refractivity contribution in [2.75, 3.05) is 27.2 Å². The summed E-state index contributed by atoms with van der Waals surface area (Å²) in [5, 5.41) is 9.23. The average molecular weight is 348 g/mol. The molecular formula is C19H32N4O2. The number of carbonyl (C=O) groups is 1. The van der Waals surface area contributed by atoms with E-state index < -0.39 is 0 Å². The molecule has 0 unspecified atom stereocenters. The van der Waals surface area contributed by atoms with Crippen molar-refractivity contribution in [2.24, 2.45) is 4.99 Å². The van der Waals surface area contributed by atoms with Gasteiger partial charge in [0.05, 0.1) is 13.7 Å². The zero-order chi connectivity index (χ0) is 19.1. The summed E-state index contributed by atoms with van der Waals surface area (Å²) in [7, 11) is 3.36. The summed E-state index contributed by atoms with van der Waals surface area (Å²) in [6.07, 6.45) is 0. The van der Waals surface area contributed by atoms with E-state index in [4.69, 9.17) is 4.74 Å². The quantitative estimate of drug-likeness (QED) is 0.543. The first-order valence-corrected chi connectivity index (χ1v) is 8.47. The van der Waals surface area contributed by atoms with Gasteiger partial charge in [-0.15, -0.1) is 0 Å². The minimum Gasteiger partial charge on any atom is -0.497 e. The van der Waals surface area contributed by atoms with Gasteiger partial charge in [0.2, 0.25) is 5.91 Å². The van der Waals surface area contributed by atoms with Crippen molar-refractivity contribution in [3.8, 4) is 5.75 Å². The lowest BCUT2D eigenvalue weighted by molar-refractivity contribution is -0.121. The van der Waals surface area contributed by atoms with Gasteiger partial charge in [-0.2, -0.15) is 0 Å². The van der Waals surface area contributed by atoms with Gasteiger partial charge in [0, 0.05) is 24.5 Å². The third kappa shape index (κ3) is 7.45. The summed E-state index contributed by atoms with van der Waals surface area (Å²) < 4.78 is 5.30. The fraction of sp³-hybridized carbons (Fsp3) is 0.579. The van der Waals surface area contributed by atoms with E-state index in [1.165, 1.54) is 5.56 Å². The van der Waals surface area contributed by atoms with Gasteiger partial charge >= 0.3 is 0 Å². The molecule has 0 saturated carbocycles. The number of aliphatic imine (C=N–C) groups is 1. The monoisotopic (exact) mass is 348 g/mol. The molecule has 6 heteroatoms. The Morgan fingerprint density at radius 1 is 1.16 bits per heavy atom. The Kier molecular flexibility index (Phi) is 7.27. The number of carbonyl (C=O) groups excluding carboxylic acids is 1. The van der Waals surface area contributed by atoms with E-state index in [1.807, 2.05) is 39.0 Å². The number of hydrogen-bond acceptors (Lipinski definition) is 3. The standard InChI is InChI=1S/C19H32N4O2/c1-18(2,3)23-16(24)12-21-17(20-6)22-13-19(4,5)14-9-8-10-15(11-14)25-7/h8-11H,12-13H2,1-7H3,(H,23,24)(H2,20,21,22). The number of nitrogens with zero attached hydrogens (tertiary/aromatic N) is 1. The molecule has 0 radical (unpaired) electrons. The summed E-state index contributed by atoms with van der Waals surface area (Å²) in [6, 6.07) is 8.03. The van der Waals surface area contributed by atoms with E-state index in [1.54, 1.807) is 14.2 Å². The van der Waals surface area contributed by atoms with Crippen molar-refractivity contribution in [1.82, 2.24) is 16.0 Å². The van der Waals surface area contributed by atoms with E-state index >= 15 is 0 Å². The predicted molar refractivity (Wildman–Crippen MR) is 103 cm³/mol. The molecule has 0 fully saturated rings. The van der Waals surface area contributed by atoms with Crippen LogP contribution in [0, 0.1) is 0 Å². The Labute approximate surface area is 151 Å². The van der Waals surface area contributed by atoms with Crippen molar-refractivity contribution in [3.63, 3.8) is 0 Å². The highest BCUT2D eigenvalue weighted by Crippen LogP contribution is 2.25. The maximum Gasteiger partial charge on any atom is 0.239 e. The Hall–Kier alpha value is -2.24. The largest absolute Gasteiger partial charge is 0.497 e. The van der Waals surface area contributed by atoms with Crippen LogP contribution in [0.1, 0.15) is 40.2 Å². The van der Waals surface area contributed by atoms with Crippen LogP contribution in [0.25, 0.3) is 0 Å². The van der Waals surface area contributed by atoms with Gasteiger partial charge in [-0.1, -0.05) is 26.0 Å². The van der Waals surface area contributed by atoms with Crippen LogP contribution in [0.5, 0.6) is 5.75 Å². The van der Waals surface area contributed by atoms with E-state index in [0.717, 1.165) is 5.75 Å². The highest BCUT2D eigenvalue weighted by Gasteiger charge is 2.22.